The van der Waals surface area contributed by atoms with Gasteiger partial charge in [0.1, 0.15) is 0 Å². The lowest BCUT2D eigenvalue weighted by atomic mass is 10.2. The molecule has 8 heteroatoms. The van der Waals surface area contributed by atoms with Crippen LogP contribution in [0.3, 0.4) is 0 Å². The van der Waals surface area contributed by atoms with E-state index in [0.29, 0.717) is 6.07 Å². The molecule has 0 spiro atoms. The summed E-state index contributed by atoms with van der Waals surface area (Å²) < 4.78 is 64.4. The van der Waals surface area contributed by atoms with Gasteiger partial charge in [0.2, 0.25) is 10.0 Å². The third-order valence-corrected chi connectivity index (χ3v) is 4.67. The molecule has 3 nitrogen and oxygen atoms in total. The van der Waals surface area contributed by atoms with Gasteiger partial charge < -0.3 is 0 Å². The van der Waals surface area contributed by atoms with Crippen LogP contribution in [-0.2, 0) is 22.6 Å². The Balaban J connectivity index is 2.11. The summed E-state index contributed by atoms with van der Waals surface area (Å²) in [7, 11) is -3.77. The number of anilines is 1. The highest BCUT2D eigenvalue weighted by molar-refractivity contribution is 7.92. The van der Waals surface area contributed by atoms with E-state index in [1.165, 1.54) is 6.07 Å². The van der Waals surface area contributed by atoms with E-state index in [0.717, 1.165) is 11.6 Å². The van der Waals surface area contributed by atoms with E-state index < -0.39 is 26.8 Å². The number of hydrogen-bond acceptors (Lipinski definition) is 2. The van der Waals surface area contributed by atoms with E-state index in [2.05, 4.69) is 4.72 Å². The zero-order valence-electron chi connectivity index (χ0n) is 11.8. The van der Waals surface area contributed by atoms with E-state index in [9.17, 15) is 21.6 Å². The zero-order valence-corrected chi connectivity index (χ0v) is 13.3. The van der Waals surface area contributed by atoms with Crippen LogP contribution in [-0.4, -0.2) is 14.2 Å². The molecule has 0 heterocycles. The van der Waals surface area contributed by atoms with Crippen LogP contribution >= 0.6 is 11.6 Å². The minimum atomic E-state index is -4.65. The molecule has 0 saturated heterocycles. The van der Waals surface area contributed by atoms with Crippen molar-refractivity contribution in [3.63, 3.8) is 0 Å². The smallest absolute Gasteiger partial charge is 0.284 e. The third kappa shape index (κ3) is 5.14. The van der Waals surface area contributed by atoms with Crippen molar-refractivity contribution >= 4 is 27.3 Å². The summed E-state index contributed by atoms with van der Waals surface area (Å²) in [5, 5.41) is -0.482. The number of sulfonamides is 1. The monoisotopic (exact) mass is 363 g/mol. The van der Waals surface area contributed by atoms with Crippen LogP contribution in [0.4, 0.5) is 18.9 Å². The van der Waals surface area contributed by atoms with Gasteiger partial charge in [-0.25, -0.2) is 8.42 Å². The SMILES string of the molecule is O=S(=O)(CCc1ccccc1)Nc1ccc(Cl)c(C(F)(F)F)c1. The first kappa shape index (κ1) is 17.6. The molecule has 0 aromatic heterocycles. The van der Waals surface area contributed by atoms with E-state index in [1.807, 2.05) is 6.07 Å². The van der Waals surface area contributed by atoms with Crippen molar-refractivity contribution < 1.29 is 21.6 Å². The van der Waals surface area contributed by atoms with Crippen LogP contribution in [0.25, 0.3) is 0 Å². The van der Waals surface area contributed by atoms with Crippen molar-refractivity contribution in [3.05, 3.63) is 64.7 Å². The fourth-order valence-corrected chi connectivity index (χ4v) is 3.25. The summed E-state index contributed by atoms with van der Waals surface area (Å²) >= 11 is 5.50. The average Bonchev–Trinajstić information content (AvgIpc) is 2.47. The third-order valence-electron chi connectivity index (χ3n) is 3.05. The van der Waals surface area contributed by atoms with Crippen LogP contribution in [0.2, 0.25) is 5.02 Å². The quantitative estimate of drug-likeness (QED) is 0.858. The van der Waals surface area contributed by atoms with Gasteiger partial charge in [-0.3, -0.25) is 4.72 Å². The minimum Gasteiger partial charge on any atom is -0.284 e. The molecule has 0 fully saturated rings. The first-order chi connectivity index (χ1) is 10.7. The largest absolute Gasteiger partial charge is 0.417 e. The van der Waals surface area contributed by atoms with Gasteiger partial charge in [0, 0.05) is 5.69 Å². The Bertz CT molecular complexity index is 777. The summed E-state index contributed by atoms with van der Waals surface area (Å²) in [6.07, 6.45) is -4.39. The second-order valence-electron chi connectivity index (χ2n) is 4.85. The van der Waals surface area contributed by atoms with Crippen molar-refractivity contribution in [3.8, 4) is 0 Å². The van der Waals surface area contributed by atoms with Crippen molar-refractivity contribution in [2.75, 3.05) is 10.5 Å². The molecule has 0 radical (unpaired) electrons. The topological polar surface area (TPSA) is 46.2 Å². The van der Waals surface area contributed by atoms with Crippen LogP contribution in [0.5, 0.6) is 0 Å². The molecule has 0 aliphatic carbocycles. The van der Waals surface area contributed by atoms with E-state index >= 15 is 0 Å². The molecule has 0 aliphatic heterocycles. The standard InChI is InChI=1S/C15H13ClF3NO2S/c16-14-7-6-12(10-13(14)15(17,18)19)20-23(21,22)9-8-11-4-2-1-3-5-11/h1-7,10,20H,8-9H2. The fraction of sp³-hybridized carbons (Fsp3) is 0.200. The van der Waals surface area contributed by atoms with Crippen molar-refractivity contribution in [2.24, 2.45) is 0 Å². The molecule has 0 amide bonds. The number of aryl methyl sites for hydroxylation is 1. The van der Waals surface area contributed by atoms with Crippen molar-refractivity contribution in [1.82, 2.24) is 0 Å². The number of rotatable bonds is 5. The van der Waals surface area contributed by atoms with E-state index in [1.54, 1.807) is 24.3 Å². The predicted molar refractivity (Wildman–Crippen MR) is 84.0 cm³/mol. The lowest BCUT2D eigenvalue weighted by molar-refractivity contribution is -0.137. The van der Waals surface area contributed by atoms with Gasteiger partial charge in [0.05, 0.1) is 16.3 Å². The van der Waals surface area contributed by atoms with Crippen LogP contribution in [0, 0.1) is 0 Å². The van der Waals surface area contributed by atoms with Crippen LogP contribution < -0.4 is 4.72 Å². The van der Waals surface area contributed by atoms with Gasteiger partial charge in [0.25, 0.3) is 0 Å². The van der Waals surface area contributed by atoms with Crippen molar-refractivity contribution in [1.29, 1.82) is 0 Å². The fourth-order valence-electron chi connectivity index (χ4n) is 1.93. The van der Waals surface area contributed by atoms with Gasteiger partial charge in [-0.05, 0) is 30.2 Å². The number of nitrogens with one attached hydrogen (secondary N) is 1. The Labute approximate surface area is 137 Å². The lowest BCUT2D eigenvalue weighted by Crippen LogP contribution is -2.18. The maximum atomic E-state index is 12.8. The Hall–Kier alpha value is -1.73. The van der Waals surface area contributed by atoms with Gasteiger partial charge in [-0.15, -0.1) is 0 Å². The first-order valence-corrected chi connectivity index (χ1v) is 8.61. The Morgan fingerprint density at radius 3 is 2.30 bits per heavy atom. The number of halogens is 4. The molecule has 0 saturated carbocycles. The van der Waals surface area contributed by atoms with Crippen LogP contribution in [0.1, 0.15) is 11.1 Å². The molecule has 0 aliphatic rings. The first-order valence-electron chi connectivity index (χ1n) is 6.58. The van der Waals surface area contributed by atoms with Crippen LogP contribution in [0.15, 0.2) is 48.5 Å². The molecule has 2 aromatic carbocycles. The highest BCUT2D eigenvalue weighted by Crippen LogP contribution is 2.36. The highest BCUT2D eigenvalue weighted by Gasteiger charge is 2.33. The van der Waals surface area contributed by atoms with Gasteiger partial charge in [-0.1, -0.05) is 41.9 Å². The van der Waals surface area contributed by atoms with Gasteiger partial charge in [-0.2, -0.15) is 13.2 Å². The zero-order chi connectivity index (χ0) is 17.1. The second kappa shape index (κ2) is 6.80. The summed E-state index contributed by atoms with van der Waals surface area (Å²) in [5.74, 6) is -0.235. The summed E-state index contributed by atoms with van der Waals surface area (Å²) in [6, 6.07) is 11.8. The van der Waals surface area contributed by atoms with Crippen molar-refractivity contribution in [2.45, 2.75) is 12.6 Å². The summed E-state index contributed by atoms with van der Waals surface area (Å²) in [5.41, 5.74) is -0.429. The summed E-state index contributed by atoms with van der Waals surface area (Å²) in [6.45, 7) is 0. The van der Waals surface area contributed by atoms with Gasteiger partial charge >= 0.3 is 6.18 Å². The predicted octanol–water partition coefficient (Wildman–Crippen LogP) is 4.34. The molecular formula is C15H13ClF3NO2S. The molecule has 0 unspecified atom stereocenters. The normalized spacial score (nSPS) is 12.2. The average molecular weight is 364 g/mol. The molecule has 124 valence electrons. The molecule has 23 heavy (non-hydrogen) atoms. The second-order valence-corrected chi connectivity index (χ2v) is 7.10. The maximum Gasteiger partial charge on any atom is 0.417 e. The van der Waals surface area contributed by atoms with Gasteiger partial charge in [0.15, 0.2) is 0 Å². The summed E-state index contributed by atoms with van der Waals surface area (Å²) in [4.78, 5) is 0. The minimum absolute atomic E-state index is 0.171. The number of benzene rings is 2. The Morgan fingerprint density at radius 2 is 1.70 bits per heavy atom. The van der Waals surface area contributed by atoms with E-state index in [4.69, 9.17) is 11.6 Å². The molecule has 2 rings (SSSR count). The Morgan fingerprint density at radius 1 is 1.04 bits per heavy atom. The Kier molecular flexibility index (Phi) is 5.21. The molecular weight excluding hydrogens is 351 g/mol. The number of alkyl halides is 3. The van der Waals surface area contributed by atoms with E-state index in [-0.39, 0.29) is 17.9 Å². The number of hydrogen-bond donors (Lipinski definition) is 1. The maximum absolute atomic E-state index is 12.8. The molecule has 1 N–H and O–H groups in total. The lowest BCUT2D eigenvalue weighted by Gasteiger charge is -2.12. The molecule has 0 bridgehead atoms. The highest BCUT2D eigenvalue weighted by atomic mass is 35.5. The molecule has 2 aromatic rings. The molecule has 0 atom stereocenters.